The number of esters is 1. The van der Waals surface area contributed by atoms with Crippen molar-refractivity contribution in [1.82, 2.24) is 0 Å². The second-order valence-electron chi connectivity index (χ2n) is 7.93. The summed E-state index contributed by atoms with van der Waals surface area (Å²) in [6.45, 7) is 3.75. The van der Waals surface area contributed by atoms with Gasteiger partial charge in [-0.05, 0) is 48.9 Å². The summed E-state index contributed by atoms with van der Waals surface area (Å²) in [6, 6.07) is -0.299. The monoisotopic (exact) mass is 293 g/mol. The molecule has 4 aliphatic carbocycles. The first kappa shape index (κ1) is 13.5. The minimum Gasteiger partial charge on any atom is -0.462 e. The Labute approximate surface area is 124 Å². The molecule has 0 spiro atoms. The van der Waals surface area contributed by atoms with Gasteiger partial charge in [-0.3, -0.25) is 14.9 Å². The van der Waals surface area contributed by atoms with E-state index >= 15 is 0 Å². The Kier molecular flexibility index (Phi) is 2.86. The highest BCUT2D eigenvalue weighted by atomic mass is 16.6. The van der Waals surface area contributed by atoms with Gasteiger partial charge in [0.2, 0.25) is 6.04 Å². The Hall–Kier alpha value is -1.13. The zero-order valence-electron chi connectivity index (χ0n) is 12.6. The Balaban J connectivity index is 1.50. The minimum atomic E-state index is -0.299. The summed E-state index contributed by atoms with van der Waals surface area (Å²) < 4.78 is 5.72. The summed E-state index contributed by atoms with van der Waals surface area (Å²) in [5.74, 6) is 2.81. The van der Waals surface area contributed by atoms with E-state index in [-0.39, 0.29) is 29.0 Å². The maximum absolute atomic E-state index is 11.9. The molecule has 0 heterocycles. The first-order valence-corrected chi connectivity index (χ1v) is 8.31. The second kappa shape index (κ2) is 4.43. The van der Waals surface area contributed by atoms with Gasteiger partial charge in [-0.2, -0.15) is 0 Å². The van der Waals surface area contributed by atoms with Crippen LogP contribution in [-0.2, 0) is 9.53 Å². The van der Waals surface area contributed by atoms with E-state index in [2.05, 4.69) is 0 Å². The summed E-state index contributed by atoms with van der Waals surface area (Å²) >= 11 is 0. The summed E-state index contributed by atoms with van der Waals surface area (Å²) in [5.41, 5.74) is 0. The molecule has 4 rings (SSSR count). The third kappa shape index (κ3) is 1.78. The molecule has 5 nitrogen and oxygen atoms in total. The number of nitro groups is 1. The zero-order chi connectivity index (χ0) is 14.9. The van der Waals surface area contributed by atoms with Gasteiger partial charge in [-0.15, -0.1) is 0 Å². The standard InChI is InChI=1S/C16H23NO4/c1-7(2)16(18)21-13-6-9-4-11(13)15-8-3-10(14(9)15)12(5-8)17(19)20/h7-15H,3-6H2,1-2H3. The van der Waals surface area contributed by atoms with Crippen LogP contribution in [0, 0.1) is 51.5 Å². The number of rotatable bonds is 3. The molecule has 116 valence electrons. The predicted octanol–water partition coefficient (Wildman–Crippen LogP) is 2.51. The van der Waals surface area contributed by atoms with Gasteiger partial charge < -0.3 is 4.74 Å². The lowest BCUT2D eigenvalue weighted by Crippen LogP contribution is -2.43. The minimum absolute atomic E-state index is 0.0385. The lowest BCUT2D eigenvalue weighted by Gasteiger charge is -2.38. The molecule has 0 aromatic carbocycles. The number of hydrogen-bond donors (Lipinski definition) is 0. The predicted molar refractivity (Wildman–Crippen MR) is 74.9 cm³/mol. The van der Waals surface area contributed by atoms with Crippen molar-refractivity contribution in [2.45, 2.75) is 51.7 Å². The van der Waals surface area contributed by atoms with Gasteiger partial charge in [0.05, 0.1) is 5.92 Å². The number of fused-ring (bicyclic) bond motifs is 9. The van der Waals surface area contributed by atoms with Crippen molar-refractivity contribution in [3.63, 3.8) is 0 Å². The van der Waals surface area contributed by atoms with Crippen LogP contribution in [-0.4, -0.2) is 23.0 Å². The van der Waals surface area contributed by atoms with E-state index in [0.717, 1.165) is 25.7 Å². The van der Waals surface area contributed by atoms with Gasteiger partial charge in [0.1, 0.15) is 6.10 Å². The zero-order valence-corrected chi connectivity index (χ0v) is 12.6. The first-order chi connectivity index (χ1) is 9.97. The molecule has 0 radical (unpaired) electrons. The third-order valence-corrected chi connectivity index (χ3v) is 6.73. The fourth-order valence-corrected chi connectivity index (χ4v) is 6.17. The molecular weight excluding hydrogens is 270 g/mol. The summed E-state index contributed by atoms with van der Waals surface area (Å²) in [7, 11) is 0. The van der Waals surface area contributed by atoms with Crippen molar-refractivity contribution >= 4 is 5.97 Å². The highest BCUT2D eigenvalue weighted by Crippen LogP contribution is 2.68. The Morgan fingerprint density at radius 3 is 2.38 bits per heavy atom. The maximum Gasteiger partial charge on any atom is 0.308 e. The number of nitrogens with zero attached hydrogens (tertiary/aromatic N) is 1. The van der Waals surface area contributed by atoms with Crippen LogP contribution in [0.1, 0.15) is 39.5 Å². The molecule has 0 N–H and O–H groups in total. The molecule has 0 aliphatic heterocycles. The van der Waals surface area contributed by atoms with E-state index in [1.807, 2.05) is 13.8 Å². The molecule has 8 atom stereocenters. The molecule has 8 unspecified atom stereocenters. The molecule has 4 fully saturated rings. The van der Waals surface area contributed by atoms with E-state index in [1.54, 1.807) is 0 Å². The van der Waals surface area contributed by atoms with Crippen LogP contribution in [0.2, 0.25) is 0 Å². The van der Waals surface area contributed by atoms with Crippen molar-refractivity contribution in [1.29, 1.82) is 0 Å². The molecule has 0 aromatic rings. The number of carbonyl (C=O) groups excluding carboxylic acids is 1. The van der Waals surface area contributed by atoms with Crippen LogP contribution in [0.4, 0.5) is 0 Å². The van der Waals surface area contributed by atoms with Crippen LogP contribution in [0.5, 0.6) is 0 Å². The van der Waals surface area contributed by atoms with Crippen LogP contribution in [0.3, 0.4) is 0 Å². The summed E-state index contributed by atoms with van der Waals surface area (Å²) in [5, 5.41) is 11.2. The van der Waals surface area contributed by atoms with Crippen molar-refractivity contribution in [2.75, 3.05) is 0 Å². The van der Waals surface area contributed by atoms with Gasteiger partial charge in [0, 0.05) is 17.3 Å². The van der Waals surface area contributed by atoms with E-state index in [9.17, 15) is 14.9 Å². The third-order valence-electron chi connectivity index (χ3n) is 6.73. The molecule has 5 heteroatoms. The molecule has 0 aromatic heterocycles. The second-order valence-corrected chi connectivity index (χ2v) is 7.93. The smallest absolute Gasteiger partial charge is 0.308 e. The fourth-order valence-electron chi connectivity index (χ4n) is 6.17. The number of ether oxygens (including phenoxy) is 1. The molecule has 0 amide bonds. The molecular formula is C16H23NO4. The van der Waals surface area contributed by atoms with Crippen LogP contribution >= 0.6 is 0 Å². The van der Waals surface area contributed by atoms with Gasteiger partial charge >= 0.3 is 5.97 Å². The summed E-state index contributed by atoms with van der Waals surface area (Å²) in [6.07, 6.45) is 3.95. The highest BCUT2D eigenvalue weighted by Gasteiger charge is 2.68. The normalized spacial score (nSPS) is 49.7. The van der Waals surface area contributed by atoms with E-state index in [4.69, 9.17) is 4.74 Å². The first-order valence-electron chi connectivity index (χ1n) is 8.31. The molecule has 21 heavy (non-hydrogen) atoms. The van der Waals surface area contributed by atoms with Crippen molar-refractivity contribution in [3.05, 3.63) is 10.1 Å². The van der Waals surface area contributed by atoms with Crippen LogP contribution in [0.15, 0.2) is 0 Å². The largest absolute Gasteiger partial charge is 0.462 e. The van der Waals surface area contributed by atoms with E-state index in [0.29, 0.717) is 35.5 Å². The van der Waals surface area contributed by atoms with Crippen molar-refractivity contribution in [3.8, 4) is 0 Å². The topological polar surface area (TPSA) is 69.4 Å². The van der Waals surface area contributed by atoms with E-state index in [1.165, 1.54) is 0 Å². The average Bonchev–Trinajstić information content (AvgIpc) is 3.15. The molecule has 4 saturated carbocycles. The lowest BCUT2D eigenvalue weighted by molar-refractivity contribution is -0.534. The quantitative estimate of drug-likeness (QED) is 0.347. The maximum atomic E-state index is 11.9. The summed E-state index contributed by atoms with van der Waals surface area (Å²) in [4.78, 5) is 23.0. The average molecular weight is 293 g/mol. The number of carbonyl (C=O) groups is 1. The van der Waals surface area contributed by atoms with Crippen LogP contribution < -0.4 is 0 Å². The van der Waals surface area contributed by atoms with Crippen LogP contribution in [0.25, 0.3) is 0 Å². The van der Waals surface area contributed by atoms with Gasteiger partial charge in [-0.25, -0.2) is 0 Å². The highest BCUT2D eigenvalue weighted by molar-refractivity contribution is 5.71. The van der Waals surface area contributed by atoms with Crippen molar-refractivity contribution < 1.29 is 14.5 Å². The van der Waals surface area contributed by atoms with Crippen molar-refractivity contribution in [2.24, 2.45) is 41.4 Å². The lowest BCUT2D eigenvalue weighted by atomic mass is 9.68. The molecule has 0 saturated heterocycles. The SMILES string of the molecule is CC(C)C(=O)OC1CC2CC1C1C3CC(C21)C([N+](=O)[O-])C3. The molecule has 4 bridgehead atoms. The fraction of sp³-hybridized carbons (Fsp3) is 0.938. The van der Waals surface area contributed by atoms with Gasteiger partial charge in [0.25, 0.3) is 0 Å². The van der Waals surface area contributed by atoms with Gasteiger partial charge in [0.15, 0.2) is 0 Å². The number of hydrogen-bond acceptors (Lipinski definition) is 4. The van der Waals surface area contributed by atoms with E-state index < -0.39 is 0 Å². The van der Waals surface area contributed by atoms with Gasteiger partial charge in [-0.1, -0.05) is 13.8 Å². The molecule has 4 aliphatic rings. The Bertz CT molecular complexity index is 491. The Morgan fingerprint density at radius 1 is 1.10 bits per heavy atom. The Morgan fingerprint density at radius 2 is 1.71 bits per heavy atom.